The minimum absolute atomic E-state index is 0.00991. The monoisotopic (exact) mass is 331 g/mol. The second-order valence-corrected chi connectivity index (χ2v) is 6.51. The zero-order valence-electron chi connectivity index (χ0n) is 14.0. The van der Waals surface area contributed by atoms with E-state index in [1.807, 2.05) is 4.90 Å². The van der Waals surface area contributed by atoms with Crippen molar-refractivity contribution in [2.75, 3.05) is 26.2 Å². The van der Waals surface area contributed by atoms with E-state index in [1.165, 1.54) is 31.7 Å². The van der Waals surface area contributed by atoms with Crippen molar-refractivity contribution in [2.45, 2.75) is 44.6 Å². The van der Waals surface area contributed by atoms with E-state index in [4.69, 9.17) is 0 Å². The molecule has 0 bridgehead atoms. The van der Waals surface area contributed by atoms with Crippen molar-refractivity contribution in [3.8, 4) is 0 Å². The van der Waals surface area contributed by atoms with E-state index in [0.717, 1.165) is 19.3 Å². The van der Waals surface area contributed by atoms with Gasteiger partial charge in [-0.2, -0.15) is 0 Å². The lowest BCUT2D eigenvalue weighted by Gasteiger charge is -2.27. The summed E-state index contributed by atoms with van der Waals surface area (Å²) in [4.78, 5) is 36.5. The Morgan fingerprint density at radius 1 is 0.958 bits per heavy atom. The van der Waals surface area contributed by atoms with Gasteiger partial charge in [0.2, 0.25) is 0 Å². The first kappa shape index (κ1) is 16.7. The van der Waals surface area contributed by atoms with E-state index in [-0.39, 0.29) is 11.9 Å². The van der Waals surface area contributed by atoms with Gasteiger partial charge in [-0.3, -0.25) is 9.78 Å². The number of urea groups is 1. The third-order valence-electron chi connectivity index (χ3n) is 4.79. The van der Waals surface area contributed by atoms with E-state index >= 15 is 0 Å². The molecule has 0 spiro atoms. The molecule has 1 saturated heterocycles. The van der Waals surface area contributed by atoms with Crippen LogP contribution in [0.4, 0.5) is 4.79 Å². The summed E-state index contributed by atoms with van der Waals surface area (Å²) in [6.45, 7) is 2.42. The van der Waals surface area contributed by atoms with Crippen molar-refractivity contribution < 1.29 is 9.59 Å². The van der Waals surface area contributed by atoms with Crippen LogP contribution in [0.3, 0.4) is 0 Å². The minimum Gasteiger partial charge on any atom is -0.335 e. The molecule has 2 heterocycles. The lowest BCUT2D eigenvalue weighted by Crippen LogP contribution is -2.47. The Bertz CT molecular complexity index is 559. The largest absolute Gasteiger partial charge is 0.335 e. The molecule has 7 nitrogen and oxygen atoms in total. The summed E-state index contributed by atoms with van der Waals surface area (Å²) in [6, 6.07) is 0.322. The molecule has 24 heavy (non-hydrogen) atoms. The van der Waals surface area contributed by atoms with Gasteiger partial charge in [0.15, 0.2) is 0 Å². The highest BCUT2D eigenvalue weighted by Crippen LogP contribution is 2.18. The number of aromatic nitrogens is 2. The molecule has 1 saturated carbocycles. The normalized spacial score (nSPS) is 19.7. The third kappa shape index (κ3) is 4.21. The standard InChI is InChI=1S/C17H25N5O2/c23-16(15-13-18-7-8-19-15)21-9-4-10-22(12-11-21)17(24)20-14-5-2-1-3-6-14/h7-8,13-14H,1-6,9-12H2,(H,20,24). The van der Waals surface area contributed by atoms with Gasteiger partial charge < -0.3 is 15.1 Å². The molecule has 0 unspecified atom stereocenters. The fourth-order valence-electron chi connectivity index (χ4n) is 3.41. The Labute approximate surface area is 142 Å². The molecule has 7 heteroatoms. The first-order valence-electron chi connectivity index (χ1n) is 8.85. The van der Waals surface area contributed by atoms with Gasteiger partial charge >= 0.3 is 6.03 Å². The SMILES string of the molecule is O=C(NC1CCCCC1)N1CCCN(C(=O)c2cnccn2)CC1. The molecule has 1 aromatic heterocycles. The van der Waals surface area contributed by atoms with Crippen LogP contribution in [0.2, 0.25) is 0 Å². The van der Waals surface area contributed by atoms with Gasteiger partial charge in [0, 0.05) is 44.6 Å². The Hall–Kier alpha value is -2.18. The third-order valence-corrected chi connectivity index (χ3v) is 4.79. The van der Waals surface area contributed by atoms with Gasteiger partial charge in [-0.15, -0.1) is 0 Å². The molecule has 0 radical (unpaired) electrons. The van der Waals surface area contributed by atoms with Crippen LogP contribution in [-0.2, 0) is 0 Å². The topological polar surface area (TPSA) is 78.4 Å². The summed E-state index contributed by atoms with van der Waals surface area (Å²) in [5, 5.41) is 3.15. The summed E-state index contributed by atoms with van der Waals surface area (Å²) < 4.78 is 0. The van der Waals surface area contributed by atoms with Crippen LogP contribution in [-0.4, -0.2) is 63.9 Å². The average molecular weight is 331 g/mol. The van der Waals surface area contributed by atoms with Crippen LogP contribution in [0.1, 0.15) is 49.0 Å². The quantitative estimate of drug-likeness (QED) is 0.894. The number of amides is 3. The molecule has 0 atom stereocenters. The van der Waals surface area contributed by atoms with Gasteiger partial charge in [-0.1, -0.05) is 19.3 Å². The molecular weight excluding hydrogens is 306 g/mol. The molecular formula is C17H25N5O2. The maximum atomic E-state index is 12.5. The summed E-state index contributed by atoms with van der Waals surface area (Å²) in [6.07, 6.45) is 11.2. The predicted molar refractivity (Wildman–Crippen MR) is 89.5 cm³/mol. The fraction of sp³-hybridized carbons (Fsp3) is 0.647. The van der Waals surface area contributed by atoms with Crippen LogP contribution in [0, 0.1) is 0 Å². The molecule has 0 aromatic carbocycles. The van der Waals surface area contributed by atoms with Crippen molar-refractivity contribution in [2.24, 2.45) is 0 Å². The first-order valence-corrected chi connectivity index (χ1v) is 8.85. The minimum atomic E-state index is -0.113. The number of rotatable bonds is 2. The fourth-order valence-corrected chi connectivity index (χ4v) is 3.41. The van der Waals surface area contributed by atoms with Crippen molar-refractivity contribution in [3.63, 3.8) is 0 Å². The molecule has 1 N–H and O–H groups in total. The Balaban J connectivity index is 1.52. The van der Waals surface area contributed by atoms with Crippen molar-refractivity contribution in [3.05, 3.63) is 24.3 Å². The van der Waals surface area contributed by atoms with Gasteiger partial charge in [0.05, 0.1) is 6.20 Å². The number of hydrogen-bond donors (Lipinski definition) is 1. The lowest BCUT2D eigenvalue weighted by molar-refractivity contribution is 0.0755. The van der Waals surface area contributed by atoms with Crippen LogP contribution >= 0.6 is 0 Å². The zero-order valence-corrected chi connectivity index (χ0v) is 14.0. The molecule has 130 valence electrons. The van der Waals surface area contributed by atoms with E-state index in [1.54, 1.807) is 11.1 Å². The van der Waals surface area contributed by atoms with Gasteiger partial charge in [-0.25, -0.2) is 9.78 Å². The van der Waals surface area contributed by atoms with E-state index in [0.29, 0.717) is 37.9 Å². The predicted octanol–water partition coefficient (Wildman–Crippen LogP) is 1.67. The van der Waals surface area contributed by atoms with Gasteiger partial charge in [0.1, 0.15) is 5.69 Å². The smallest absolute Gasteiger partial charge is 0.317 e. The first-order chi connectivity index (χ1) is 11.7. The van der Waals surface area contributed by atoms with Crippen molar-refractivity contribution in [1.82, 2.24) is 25.1 Å². The van der Waals surface area contributed by atoms with Crippen LogP contribution < -0.4 is 5.32 Å². The summed E-state index contributed by atoms with van der Waals surface area (Å²) in [7, 11) is 0. The maximum absolute atomic E-state index is 12.5. The zero-order chi connectivity index (χ0) is 16.8. The molecule has 1 aliphatic carbocycles. The number of nitrogens with one attached hydrogen (secondary N) is 1. The van der Waals surface area contributed by atoms with Crippen LogP contribution in [0.5, 0.6) is 0 Å². The summed E-state index contributed by atoms with van der Waals surface area (Å²) in [5.41, 5.74) is 0.359. The second-order valence-electron chi connectivity index (χ2n) is 6.51. The van der Waals surface area contributed by atoms with Crippen molar-refractivity contribution >= 4 is 11.9 Å². The molecule has 1 aromatic rings. The van der Waals surface area contributed by atoms with Crippen molar-refractivity contribution in [1.29, 1.82) is 0 Å². The Kier molecular flexibility index (Phi) is 5.61. The molecule has 1 aliphatic heterocycles. The van der Waals surface area contributed by atoms with E-state index in [2.05, 4.69) is 15.3 Å². The van der Waals surface area contributed by atoms with E-state index < -0.39 is 0 Å². The highest BCUT2D eigenvalue weighted by Gasteiger charge is 2.25. The lowest BCUT2D eigenvalue weighted by atomic mass is 9.96. The average Bonchev–Trinajstić information content (AvgIpc) is 2.89. The Morgan fingerprint density at radius 2 is 1.71 bits per heavy atom. The number of carbonyl (C=O) groups is 2. The summed E-state index contributed by atoms with van der Waals surface area (Å²) >= 11 is 0. The van der Waals surface area contributed by atoms with Gasteiger partial charge in [0.25, 0.3) is 5.91 Å². The van der Waals surface area contributed by atoms with Crippen LogP contribution in [0.15, 0.2) is 18.6 Å². The highest BCUT2D eigenvalue weighted by atomic mass is 16.2. The maximum Gasteiger partial charge on any atom is 0.317 e. The molecule has 3 rings (SSSR count). The Morgan fingerprint density at radius 3 is 2.46 bits per heavy atom. The molecule has 2 aliphatic rings. The van der Waals surface area contributed by atoms with Gasteiger partial charge in [-0.05, 0) is 19.3 Å². The number of nitrogens with zero attached hydrogens (tertiary/aromatic N) is 4. The van der Waals surface area contributed by atoms with Crippen LogP contribution in [0.25, 0.3) is 0 Å². The number of carbonyl (C=O) groups excluding carboxylic acids is 2. The summed E-state index contributed by atoms with van der Waals surface area (Å²) in [5.74, 6) is -0.113. The van der Waals surface area contributed by atoms with E-state index in [9.17, 15) is 9.59 Å². The number of hydrogen-bond acceptors (Lipinski definition) is 4. The highest BCUT2D eigenvalue weighted by molar-refractivity contribution is 5.92. The molecule has 3 amide bonds. The molecule has 2 fully saturated rings. The second kappa shape index (κ2) is 8.08.